The Balaban J connectivity index is 0.00000128. The zero-order valence-corrected chi connectivity index (χ0v) is 10.6. The maximum absolute atomic E-state index is 5.83. The second-order valence-corrected chi connectivity index (χ2v) is 4.19. The molecule has 16 heavy (non-hydrogen) atoms. The van der Waals surface area contributed by atoms with Crippen LogP contribution >= 0.6 is 12.4 Å². The number of nitrogens with one attached hydrogen (secondary N) is 1. The molecule has 1 aromatic heterocycles. The van der Waals surface area contributed by atoms with Gasteiger partial charge in [-0.3, -0.25) is 0 Å². The molecule has 0 saturated heterocycles. The van der Waals surface area contributed by atoms with Crippen LogP contribution in [0.4, 0.5) is 0 Å². The lowest BCUT2D eigenvalue weighted by molar-refractivity contribution is 0.741. The highest BCUT2D eigenvalue weighted by atomic mass is 35.5. The average Bonchev–Trinajstić information content (AvgIpc) is 2.61. The smallest absolute Gasteiger partial charge is 0.0489 e. The van der Waals surface area contributed by atoms with E-state index in [4.69, 9.17) is 5.73 Å². The molecule has 0 bridgehead atoms. The molecule has 2 aromatic rings. The van der Waals surface area contributed by atoms with Gasteiger partial charge in [0.2, 0.25) is 0 Å². The van der Waals surface area contributed by atoms with Gasteiger partial charge in [0.15, 0.2) is 0 Å². The lowest BCUT2D eigenvalue weighted by atomic mass is 10.0. The van der Waals surface area contributed by atoms with Crippen LogP contribution < -0.4 is 5.73 Å². The van der Waals surface area contributed by atoms with Gasteiger partial charge in [0.1, 0.15) is 0 Å². The third-order valence-corrected chi connectivity index (χ3v) is 2.81. The summed E-state index contributed by atoms with van der Waals surface area (Å²) in [5.41, 5.74) is 9.81. The Bertz CT molecular complexity index is 460. The van der Waals surface area contributed by atoms with Crippen molar-refractivity contribution in [2.24, 2.45) is 5.73 Å². The van der Waals surface area contributed by atoms with Crippen molar-refractivity contribution in [2.75, 3.05) is 0 Å². The molecule has 0 amide bonds. The fourth-order valence-corrected chi connectivity index (χ4v) is 2.09. The standard InChI is InChI=1S/C13H18N2.ClH/c1-3-10-5-4-6-12-11(7-9(2)14)8-15-13(10)12;/h4-6,8-9,15H,3,7,14H2,1-2H3;1H. The molecule has 1 atom stereocenters. The van der Waals surface area contributed by atoms with Crippen molar-refractivity contribution < 1.29 is 0 Å². The minimum Gasteiger partial charge on any atom is -0.361 e. The van der Waals surface area contributed by atoms with E-state index in [-0.39, 0.29) is 18.4 Å². The van der Waals surface area contributed by atoms with E-state index < -0.39 is 0 Å². The van der Waals surface area contributed by atoms with Gasteiger partial charge in [-0.2, -0.15) is 0 Å². The zero-order chi connectivity index (χ0) is 10.8. The van der Waals surface area contributed by atoms with Crippen LogP contribution in [0.3, 0.4) is 0 Å². The molecule has 1 aromatic carbocycles. The number of fused-ring (bicyclic) bond motifs is 1. The number of para-hydroxylation sites is 1. The first-order chi connectivity index (χ1) is 7.22. The summed E-state index contributed by atoms with van der Waals surface area (Å²) in [5, 5.41) is 1.33. The van der Waals surface area contributed by atoms with Crippen molar-refractivity contribution in [3.05, 3.63) is 35.5 Å². The molecule has 2 nitrogen and oxygen atoms in total. The Morgan fingerprint density at radius 2 is 2.06 bits per heavy atom. The summed E-state index contributed by atoms with van der Waals surface area (Å²) in [7, 11) is 0. The van der Waals surface area contributed by atoms with E-state index in [2.05, 4.69) is 36.3 Å². The number of nitrogens with two attached hydrogens (primary N) is 1. The van der Waals surface area contributed by atoms with Crippen molar-refractivity contribution in [1.82, 2.24) is 4.98 Å². The number of hydrogen-bond donors (Lipinski definition) is 2. The van der Waals surface area contributed by atoms with Crippen LogP contribution in [-0.4, -0.2) is 11.0 Å². The van der Waals surface area contributed by atoms with Crippen LogP contribution in [-0.2, 0) is 12.8 Å². The number of hydrogen-bond acceptors (Lipinski definition) is 1. The van der Waals surface area contributed by atoms with E-state index in [0.717, 1.165) is 12.8 Å². The van der Waals surface area contributed by atoms with Crippen LogP contribution in [0.1, 0.15) is 25.0 Å². The first-order valence-electron chi connectivity index (χ1n) is 5.55. The SMILES string of the molecule is CCc1cccc2c(CC(C)N)c[nH]c12.Cl. The molecule has 0 aliphatic heterocycles. The molecule has 0 spiro atoms. The fraction of sp³-hybridized carbons (Fsp3) is 0.385. The van der Waals surface area contributed by atoms with Gasteiger partial charge in [-0.25, -0.2) is 0 Å². The van der Waals surface area contributed by atoms with E-state index in [0.29, 0.717) is 0 Å². The van der Waals surface area contributed by atoms with Gasteiger partial charge in [0, 0.05) is 23.1 Å². The van der Waals surface area contributed by atoms with E-state index in [1.54, 1.807) is 0 Å². The Labute approximate surface area is 103 Å². The zero-order valence-electron chi connectivity index (χ0n) is 9.79. The summed E-state index contributed by atoms with van der Waals surface area (Å²) < 4.78 is 0. The van der Waals surface area contributed by atoms with Crippen LogP contribution in [0, 0.1) is 0 Å². The molecule has 0 aliphatic carbocycles. The summed E-state index contributed by atoms with van der Waals surface area (Å²) >= 11 is 0. The molecule has 3 N–H and O–H groups in total. The summed E-state index contributed by atoms with van der Waals surface area (Å²) in [6.45, 7) is 4.23. The summed E-state index contributed by atoms with van der Waals surface area (Å²) in [4.78, 5) is 3.36. The van der Waals surface area contributed by atoms with Crippen molar-refractivity contribution in [3.63, 3.8) is 0 Å². The number of rotatable bonds is 3. The Hall–Kier alpha value is -0.990. The average molecular weight is 239 g/mol. The van der Waals surface area contributed by atoms with Crippen LogP contribution in [0.25, 0.3) is 10.9 Å². The normalized spacial score (nSPS) is 12.4. The molecule has 1 unspecified atom stereocenters. The Morgan fingerprint density at radius 1 is 1.31 bits per heavy atom. The van der Waals surface area contributed by atoms with E-state index in [9.17, 15) is 0 Å². The van der Waals surface area contributed by atoms with Crippen molar-refractivity contribution in [2.45, 2.75) is 32.7 Å². The summed E-state index contributed by atoms with van der Waals surface area (Å²) in [5.74, 6) is 0. The molecule has 0 aliphatic rings. The first kappa shape index (κ1) is 13.1. The van der Waals surface area contributed by atoms with Crippen LogP contribution in [0.2, 0.25) is 0 Å². The van der Waals surface area contributed by atoms with Gasteiger partial charge in [-0.05, 0) is 30.9 Å². The topological polar surface area (TPSA) is 41.8 Å². The molecule has 0 radical (unpaired) electrons. The summed E-state index contributed by atoms with van der Waals surface area (Å²) in [6.07, 6.45) is 4.09. The van der Waals surface area contributed by atoms with Gasteiger partial charge >= 0.3 is 0 Å². The van der Waals surface area contributed by atoms with Crippen molar-refractivity contribution in [1.29, 1.82) is 0 Å². The maximum atomic E-state index is 5.83. The highest BCUT2D eigenvalue weighted by Crippen LogP contribution is 2.22. The second kappa shape index (κ2) is 5.37. The largest absolute Gasteiger partial charge is 0.361 e. The van der Waals surface area contributed by atoms with Gasteiger partial charge in [0.25, 0.3) is 0 Å². The maximum Gasteiger partial charge on any atom is 0.0489 e. The number of H-pyrrole nitrogens is 1. The second-order valence-electron chi connectivity index (χ2n) is 4.19. The van der Waals surface area contributed by atoms with Crippen LogP contribution in [0.5, 0.6) is 0 Å². The summed E-state index contributed by atoms with van der Waals surface area (Å²) in [6, 6.07) is 6.69. The van der Waals surface area contributed by atoms with E-state index in [1.165, 1.54) is 22.0 Å². The molecular formula is C13H19ClN2. The third-order valence-electron chi connectivity index (χ3n) is 2.81. The number of aryl methyl sites for hydroxylation is 1. The van der Waals surface area contributed by atoms with E-state index in [1.807, 2.05) is 6.92 Å². The van der Waals surface area contributed by atoms with Crippen LogP contribution in [0.15, 0.2) is 24.4 Å². The number of benzene rings is 1. The Kier molecular flexibility index (Phi) is 4.39. The predicted molar refractivity (Wildman–Crippen MR) is 72.3 cm³/mol. The minimum absolute atomic E-state index is 0. The minimum atomic E-state index is 0. The lowest BCUT2D eigenvalue weighted by Gasteiger charge is -2.04. The van der Waals surface area contributed by atoms with Gasteiger partial charge in [0.05, 0.1) is 0 Å². The molecule has 3 heteroatoms. The monoisotopic (exact) mass is 238 g/mol. The Morgan fingerprint density at radius 3 is 2.69 bits per heavy atom. The quantitative estimate of drug-likeness (QED) is 0.848. The van der Waals surface area contributed by atoms with Crippen molar-refractivity contribution in [3.8, 4) is 0 Å². The van der Waals surface area contributed by atoms with Gasteiger partial charge in [-0.1, -0.05) is 25.1 Å². The first-order valence-corrected chi connectivity index (χ1v) is 5.55. The predicted octanol–water partition coefficient (Wildman–Crippen LogP) is 3.04. The van der Waals surface area contributed by atoms with Gasteiger partial charge < -0.3 is 10.7 Å². The molecule has 88 valence electrons. The van der Waals surface area contributed by atoms with E-state index >= 15 is 0 Å². The molecule has 0 fully saturated rings. The number of aromatic nitrogens is 1. The van der Waals surface area contributed by atoms with Gasteiger partial charge in [-0.15, -0.1) is 12.4 Å². The highest BCUT2D eigenvalue weighted by molar-refractivity contribution is 5.86. The number of halogens is 1. The molecule has 1 heterocycles. The lowest BCUT2D eigenvalue weighted by Crippen LogP contribution is -2.17. The third kappa shape index (κ3) is 2.39. The molecule has 0 saturated carbocycles. The fourth-order valence-electron chi connectivity index (χ4n) is 2.09. The highest BCUT2D eigenvalue weighted by Gasteiger charge is 2.07. The molecular weight excluding hydrogens is 220 g/mol. The molecule has 2 rings (SSSR count). The van der Waals surface area contributed by atoms with Crippen molar-refractivity contribution >= 4 is 23.3 Å². The number of aromatic amines is 1.